The van der Waals surface area contributed by atoms with E-state index in [2.05, 4.69) is 14.9 Å². The molecular formula is C6H9N3. The Labute approximate surface area is 54.1 Å². The van der Waals surface area contributed by atoms with Crippen molar-refractivity contribution in [3.05, 3.63) is 0 Å². The predicted molar refractivity (Wildman–Crippen MR) is 37.0 cm³/mol. The van der Waals surface area contributed by atoms with Crippen molar-refractivity contribution in [3.8, 4) is 0 Å². The first-order valence-electron chi connectivity index (χ1n) is 3.24. The SMILES string of the molecule is C1=NC2N=CCN2CC1. The number of rotatable bonds is 0. The summed E-state index contributed by atoms with van der Waals surface area (Å²) in [6.45, 7) is 2.11. The summed E-state index contributed by atoms with van der Waals surface area (Å²) in [6, 6.07) is 0. The van der Waals surface area contributed by atoms with E-state index in [-0.39, 0.29) is 6.29 Å². The largest absolute Gasteiger partial charge is 0.258 e. The lowest BCUT2D eigenvalue weighted by atomic mass is 10.4. The molecule has 0 saturated heterocycles. The van der Waals surface area contributed by atoms with E-state index in [1.165, 1.54) is 0 Å². The Bertz CT molecular complexity index is 162. The minimum atomic E-state index is 0.138. The van der Waals surface area contributed by atoms with E-state index in [1.807, 2.05) is 12.4 Å². The predicted octanol–water partition coefficient (Wildman–Crippen LogP) is 0.131. The van der Waals surface area contributed by atoms with Gasteiger partial charge in [0, 0.05) is 25.5 Å². The molecule has 2 rings (SSSR count). The molecule has 0 radical (unpaired) electrons. The topological polar surface area (TPSA) is 28.0 Å². The molecule has 2 aliphatic rings. The summed E-state index contributed by atoms with van der Waals surface area (Å²) in [6.07, 6.45) is 5.12. The highest BCUT2D eigenvalue weighted by atomic mass is 15.4. The van der Waals surface area contributed by atoms with Crippen molar-refractivity contribution in [1.29, 1.82) is 0 Å². The van der Waals surface area contributed by atoms with Gasteiger partial charge < -0.3 is 0 Å². The summed E-state index contributed by atoms with van der Waals surface area (Å²) in [4.78, 5) is 10.6. The molecule has 3 heteroatoms. The Balaban J connectivity index is 2.17. The number of nitrogens with zero attached hydrogens (tertiary/aromatic N) is 3. The van der Waals surface area contributed by atoms with E-state index < -0.39 is 0 Å². The van der Waals surface area contributed by atoms with Crippen molar-refractivity contribution in [3.63, 3.8) is 0 Å². The second-order valence-corrected chi connectivity index (χ2v) is 2.29. The summed E-state index contributed by atoms with van der Waals surface area (Å²) in [5, 5.41) is 0. The summed E-state index contributed by atoms with van der Waals surface area (Å²) in [7, 11) is 0. The molecule has 0 aromatic carbocycles. The summed E-state index contributed by atoms with van der Waals surface area (Å²) >= 11 is 0. The number of hydrogen-bond donors (Lipinski definition) is 0. The minimum Gasteiger partial charge on any atom is -0.258 e. The fourth-order valence-electron chi connectivity index (χ4n) is 1.17. The van der Waals surface area contributed by atoms with E-state index in [1.54, 1.807) is 0 Å². The first kappa shape index (κ1) is 5.11. The van der Waals surface area contributed by atoms with Gasteiger partial charge in [-0.2, -0.15) is 0 Å². The monoisotopic (exact) mass is 123 g/mol. The van der Waals surface area contributed by atoms with Gasteiger partial charge in [-0.05, 0) is 6.42 Å². The van der Waals surface area contributed by atoms with Crippen LogP contribution in [-0.2, 0) is 0 Å². The molecule has 0 aromatic heterocycles. The van der Waals surface area contributed by atoms with Crippen LogP contribution in [0.1, 0.15) is 6.42 Å². The molecular weight excluding hydrogens is 114 g/mol. The second kappa shape index (κ2) is 1.92. The van der Waals surface area contributed by atoms with Crippen LogP contribution in [0.5, 0.6) is 0 Å². The van der Waals surface area contributed by atoms with Crippen molar-refractivity contribution in [2.45, 2.75) is 12.7 Å². The summed E-state index contributed by atoms with van der Waals surface area (Å²) in [5.41, 5.74) is 0. The standard InChI is InChI=1S/C6H9N3/c1-2-7-6-8-3-5-9(6)4-1/h2-3,6H,1,4-5H2. The van der Waals surface area contributed by atoms with Crippen molar-refractivity contribution >= 4 is 12.4 Å². The van der Waals surface area contributed by atoms with E-state index in [0.717, 1.165) is 19.5 Å². The lowest BCUT2D eigenvalue weighted by molar-refractivity contribution is 0.256. The van der Waals surface area contributed by atoms with Crippen LogP contribution in [0.2, 0.25) is 0 Å². The summed E-state index contributed by atoms with van der Waals surface area (Å²) in [5.74, 6) is 0. The fourth-order valence-corrected chi connectivity index (χ4v) is 1.17. The van der Waals surface area contributed by atoms with Crippen molar-refractivity contribution in [1.82, 2.24) is 4.90 Å². The third-order valence-corrected chi connectivity index (χ3v) is 1.67. The van der Waals surface area contributed by atoms with Gasteiger partial charge in [-0.3, -0.25) is 14.9 Å². The first-order chi connectivity index (χ1) is 4.47. The van der Waals surface area contributed by atoms with Crippen LogP contribution in [0, 0.1) is 0 Å². The molecule has 0 bridgehead atoms. The molecule has 2 aliphatic heterocycles. The zero-order valence-corrected chi connectivity index (χ0v) is 5.20. The second-order valence-electron chi connectivity index (χ2n) is 2.29. The van der Waals surface area contributed by atoms with Gasteiger partial charge in [-0.1, -0.05) is 0 Å². The van der Waals surface area contributed by atoms with Crippen LogP contribution in [0.15, 0.2) is 9.98 Å². The van der Waals surface area contributed by atoms with Gasteiger partial charge in [0.05, 0.1) is 0 Å². The van der Waals surface area contributed by atoms with E-state index in [9.17, 15) is 0 Å². The van der Waals surface area contributed by atoms with Crippen molar-refractivity contribution in [2.75, 3.05) is 13.1 Å². The first-order valence-corrected chi connectivity index (χ1v) is 3.24. The molecule has 2 heterocycles. The molecule has 0 amide bonds. The normalized spacial score (nSPS) is 33.1. The van der Waals surface area contributed by atoms with Crippen molar-refractivity contribution < 1.29 is 0 Å². The molecule has 0 aromatic rings. The molecule has 48 valence electrons. The van der Waals surface area contributed by atoms with Crippen LogP contribution in [0.3, 0.4) is 0 Å². The highest BCUT2D eigenvalue weighted by Gasteiger charge is 2.20. The minimum absolute atomic E-state index is 0.138. The van der Waals surface area contributed by atoms with E-state index in [0.29, 0.717) is 0 Å². The Hall–Kier alpha value is -0.700. The van der Waals surface area contributed by atoms with Crippen LogP contribution in [-0.4, -0.2) is 36.7 Å². The van der Waals surface area contributed by atoms with E-state index in [4.69, 9.17) is 0 Å². The van der Waals surface area contributed by atoms with Crippen LogP contribution in [0.25, 0.3) is 0 Å². The van der Waals surface area contributed by atoms with Crippen molar-refractivity contribution in [2.24, 2.45) is 9.98 Å². The smallest absolute Gasteiger partial charge is 0.195 e. The zero-order chi connectivity index (χ0) is 6.10. The Morgan fingerprint density at radius 1 is 1.33 bits per heavy atom. The van der Waals surface area contributed by atoms with Gasteiger partial charge >= 0.3 is 0 Å². The van der Waals surface area contributed by atoms with Crippen LogP contribution in [0.4, 0.5) is 0 Å². The van der Waals surface area contributed by atoms with Gasteiger partial charge in [0.25, 0.3) is 0 Å². The van der Waals surface area contributed by atoms with Gasteiger partial charge in [0.1, 0.15) is 0 Å². The maximum absolute atomic E-state index is 4.19. The summed E-state index contributed by atoms with van der Waals surface area (Å²) < 4.78 is 0. The third-order valence-electron chi connectivity index (χ3n) is 1.67. The lowest BCUT2D eigenvalue weighted by Crippen LogP contribution is -2.32. The molecule has 0 aliphatic carbocycles. The highest BCUT2D eigenvalue weighted by Crippen LogP contribution is 2.10. The molecule has 3 nitrogen and oxygen atoms in total. The quantitative estimate of drug-likeness (QED) is 0.450. The number of fused-ring (bicyclic) bond motifs is 1. The molecule has 0 N–H and O–H groups in total. The third kappa shape index (κ3) is 0.772. The Morgan fingerprint density at radius 2 is 2.22 bits per heavy atom. The van der Waals surface area contributed by atoms with Gasteiger partial charge in [-0.15, -0.1) is 0 Å². The highest BCUT2D eigenvalue weighted by molar-refractivity contribution is 5.65. The maximum Gasteiger partial charge on any atom is 0.195 e. The maximum atomic E-state index is 4.19. The average Bonchev–Trinajstić information content (AvgIpc) is 2.33. The molecule has 0 spiro atoms. The van der Waals surface area contributed by atoms with Gasteiger partial charge in [-0.25, -0.2) is 0 Å². The Kier molecular flexibility index (Phi) is 1.09. The molecule has 9 heavy (non-hydrogen) atoms. The Morgan fingerprint density at radius 3 is 3.11 bits per heavy atom. The molecule has 1 unspecified atom stereocenters. The number of aliphatic imine (C=N–C) groups is 2. The van der Waals surface area contributed by atoms with Gasteiger partial charge in [0.15, 0.2) is 6.29 Å². The molecule has 0 saturated carbocycles. The lowest BCUT2D eigenvalue weighted by Gasteiger charge is -2.21. The van der Waals surface area contributed by atoms with Crippen LogP contribution >= 0.6 is 0 Å². The zero-order valence-electron chi connectivity index (χ0n) is 5.20. The van der Waals surface area contributed by atoms with Crippen LogP contribution < -0.4 is 0 Å². The molecule has 0 fully saturated rings. The average molecular weight is 123 g/mol. The number of hydrogen-bond acceptors (Lipinski definition) is 3. The van der Waals surface area contributed by atoms with E-state index >= 15 is 0 Å². The van der Waals surface area contributed by atoms with Gasteiger partial charge in [0.2, 0.25) is 0 Å². The fraction of sp³-hybridized carbons (Fsp3) is 0.667. The molecule has 1 atom stereocenters.